The second-order valence-corrected chi connectivity index (χ2v) is 7.35. The molecule has 33 heavy (non-hydrogen) atoms. The lowest BCUT2D eigenvalue weighted by atomic mass is 9.97. The van der Waals surface area contributed by atoms with E-state index in [0.717, 1.165) is 37.6 Å². The van der Waals surface area contributed by atoms with Gasteiger partial charge in [0.15, 0.2) is 0 Å². The highest BCUT2D eigenvalue weighted by atomic mass is 19.4. The molecule has 180 valence electrons. The fourth-order valence-corrected chi connectivity index (χ4v) is 3.00. The number of esters is 1. The van der Waals surface area contributed by atoms with Crippen LogP contribution in [0.2, 0.25) is 0 Å². The van der Waals surface area contributed by atoms with Gasteiger partial charge in [-0.2, -0.15) is 26.3 Å². The zero-order valence-electron chi connectivity index (χ0n) is 17.7. The van der Waals surface area contributed by atoms with Gasteiger partial charge in [-0.1, -0.05) is 26.0 Å². The van der Waals surface area contributed by atoms with Crippen molar-refractivity contribution < 1.29 is 40.7 Å². The first-order chi connectivity index (χ1) is 15.3. The second kappa shape index (κ2) is 10.1. The first kappa shape index (κ1) is 25.9. The van der Waals surface area contributed by atoms with Gasteiger partial charge < -0.3 is 15.4 Å². The highest BCUT2D eigenvalue weighted by Crippen LogP contribution is 2.36. The summed E-state index contributed by atoms with van der Waals surface area (Å²) in [5, 5.41) is 4.60. The van der Waals surface area contributed by atoms with Crippen LogP contribution in [0.4, 0.5) is 31.1 Å². The molecule has 2 N–H and O–H groups in total. The number of amides is 2. The summed E-state index contributed by atoms with van der Waals surface area (Å²) in [6.45, 7) is 3.21. The SMILES string of the molecule is COC(=O)[C@@H](NC(=O)N[C@@H](c1ccc(C(F)(F)F)cc1)c1ncccc1C(F)(F)F)C(C)C. The van der Waals surface area contributed by atoms with Crippen molar-refractivity contribution in [2.45, 2.75) is 38.3 Å². The molecule has 0 saturated heterocycles. The number of urea groups is 1. The van der Waals surface area contributed by atoms with E-state index in [1.165, 1.54) is 0 Å². The van der Waals surface area contributed by atoms with Crippen LogP contribution in [0.15, 0.2) is 42.6 Å². The molecule has 0 saturated carbocycles. The van der Waals surface area contributed by atoms with E-state index in [2.05, 4.69) is 20.4 Å². The lowest BCUT2D eigenvalue weighted by Gasteiger charge is -2.25. The molecule has 0 unspecified atom stereocenters. The summed E-state index contributed by atoms with van der Waals surface area (Å²) in [7, 11) is 1.10. The molecule has 0 spiro atoms. The molecule has 2 amide bonds. The molecule has 2 aromatic rings. The summed E-state index contributed by atoms with van der Waals surface area (Å²) in [5.74, 6) is -1.20. The van der Waals surface area contributed by atoms with Crippen LogP contribution in [0, 0.1) is 5.92 Å². The topological polar surface area (TPSA) is 80.3 Å². The smallest absolute Gasteiger partial charge is 0.418 e. The quantitative estimate of drug-likeness (QED) is 0.467. The minimum Gasteiger partial charge on any atom is -0.467 e. The molecule has 1 aromatic heterocycles. The molecule has 2 atom stereocenters. The minimum absolute atomic E-state index is 0.0819. The van der Waals surface area contributed by atoms with Gasteiger partial charge in [0.25, 0.3) is 0 Å². The van der Waals surface area contributed by atoms with Crippen molar-refractivity contribution >= 4 is 12.0 Å². The van der Waals surface area contributed by atoms with Gasteiger partial charge in [0.2, 0.25) is 0 Å². The van der Waals surface area contributed by atoms with Crippen molar-refractivity contribution in [1.29, 1.82) is 0 Å². The molecule has 12 heteroatoms. The van der Waals surface area contributed by atoms with Crippen molar-refractivity contribution in [1.82, 2.24) is 15.6 Å². The molecule has 1 heterocycles. The Morgan fingerprint density at radius 2 is 1.55 bits per heavy atom. The largest absolute Gasteiger partial charge is 0.467 e. The van der Waals surface area contributed by atoms with Gasteiger partial charge in [0.1, 0.15) is 6.04 Å². The molecular weight excluding hydrogens is 456 g/mol. The number of benzene rings is 1. The Morgan fingerprint density at radius 1 is 0.939 bits per heavy atom. The fourth-order valence-electron chi connectivity index (χ4n) is 3.00. The van der Waals surface area contributed by atoms with Crippen LogP contribution in [-0.4, -0.2) is 30.1 Å². The first-order valence-corrected chi connectivity index (χ1v) is 9.59. The number of carbonyl (C=O) groups excluding carboxylic acids is 2. The Labute approximate surface area is 185 Å². The fraction of sp³-hybridized carbons (Fsp3) is 0.381. The second-order valence-electron chi connectivity index (χ2n) is 7.35. The molecule has 2 rings (SSSR count). The minimum atomic E-state index is -4.85. The summed E-state index contributed by atoms with van der Waals surface area (Å²) in [6.07, 6.45) is -8.45. The lowest BCUT2D eigenvalue weighted by molar-refractivity contribution is -0.144. The highest BCUT2D eigenvalue weighted by Gasteiger charge is 2.38. The predicted molar refractivity (Wildman–Crippen MR) is 105 cm³/mol. The van der Waals surface area contributed by atoms with Gasteiger partial charge >= 0.3 is 24.4 Å². The third-order valence-corrected chi connectivity index (χ3v) is 4.67. The number of methoxy groups -OCH3 is 1. The molecule has 0 aliphatic carbocycles. The van der Waals surface area contributed by atoms with Gasteiger partial charge in [0.05, 0.1) is 30.0 Å². The maximum Gasteiger partial charge on any atom is 0.418 e. The van der Waals surface area contributed by atoms with Crippen LogP contribution in [-0.2, 0) is 21.9 Å². The molecule has 0 radical (unpaired) electrons. The summed E-state index contributed by atoms with van der Waals surface area (Å²) in [6, 6.07) is 1.32. The Kier molecular flexibility index (Phi) is 7.93. The van der Waals surface area contributed by atoms with Crippen molar-refractivity contribution in [3.05, 3.63) is 65.0 Å². The Balaban J connectivity index is 2.49. The van der Waals surface area contributed by atoms with E-state index in [4.69, 9.17) is 0 Å². The number of aromatic nitrogens is 1. The van der Waals surface area contributed by atoms with E-state index >= 15 is 0 Å². The number of hydrogen-bond donors (Lipinski definition) is 2. The highest BCUT2D eigenvalue weighted by molar-refractivity contribution is 5.84. The van der Waals surface area contributed by atoms with Gasteiger partial charge in [-0.15, -0.1) is 0 Å². The number of pyridine rings is 1. The van der Waals surface area contributed by atoms with Crippen LogP contribution in [0.3, 0.4) is 0 Å². The van der Waals surface area contributed by atoms with Crippen molar-refractivity contribution in [3.8, 4) is 0 Å². The van der Waals surface area contributed by atoms with Crippen LogP contribution in [0.5, 0.6) is 0 Å². The number of hydrogen-bond acceptors (Lipinski definition) is 4. The standard InChI is InChI=1S/C21H21F6N3O3/c1-11(2)15(18(31)33-3)29-19(32)30-16(12-6-8-13(9-7-12)20(22,23)24)17-14(21(25,26)27)5-4-10-28-17/h4-11,15-16H,1-3H3,(H2,29,30,32)/t15-,16-/m0/s1. The maximum absolute atomic E-state index is 13.6. The van der Waals surface area contributed by atoms with Gasteiger partial charge in [-0.3, -0.25) is 4.98 Å². The summed E-state index contributed by atoms with van der Waals surface area (Å²) >= 11 is 0. The molecule has 1 aromatic carbocycles. The summed E-state index contributed by atoms with van der Waals surface area (Å²) in [4.78, 5) is 28.2. The number of alkyl halides is 6. The van der Waals surface area contributed by atoms with Crippen molar-refractivity contribution in [2.24, 2.45) is 5.92 Å². The van der Waals surface area contributed by atoms with E-state index in [-0.39, 0.29) is 5.56 Å². The van der Waals surface area contributed by atoms with Crippen LogP contribution in [0.25, 0.3) is 0 Å². The van der Waals surface area contributed by atoms with Crippen LogP contribution < -0.4 is 10.6 Å². The number of nitrogens with one attached hydrogen (secondary N) is 2. The van der Waals surface area contributed by atoms with Gasteiger partial charge in [-0.25, -0.2) is 9.59 Å². The lowest BCUT2D eigenvalue weighted by Crippen LogP contribution is -2.50. The van der Waals surface area contributed by atoms with Crippen LogP contribution in [0.1, 0.15) is 42.3 Å². The van der Waals surface area contributed by atoms with Gasteiger partial charge in [-0.05, 0) is 35.7 Å². The molecule has 0 bridgehead atoms. The number of nitrogens with zero attached hydrogens (tertiary/aromatic N) is 1. The Hall–Kier alpha value is -3.31. The number of halogens is 6. The number of ether oxygens (including phenoxy) is 1. The molecule has 6 nitrogen and oxygen atoms in total. The zero-order valence-corrected chi connectivity index (χ0v) is 17.7. The van der Waals surface area contributed by atoms with Crippen LogP contribution >= 0.6 is 0 Å². The molecule has 0 fully saturated rings. The Bertz CT molecular complexity index is 974. The molecule has 0 aliphatic rings. The summed E-state index contributed by atoms with van der Waals surface area (Å²) in [5.41, 5.74) is -2.90. The van der Waals surface area contributed by atoms with E-state index in [9.17, 15) is 35.9 Å². The average molecular weight is 477 g/mol. The third kappa shape index (κ3) is 6.59. The third-order valence-electron chi connectivity index (χ3n) is 4.67. The zero-order chi connectivity index (χ0) is 25.0. The molecule has 0 aliphatic heterocycles. The maximum atomic E-state index is 13.6. The van der Waals surface area contributed by atoms with Crippen molar-refractivity contribution in [2.75, 3.05) is 7.11 Å². The van der Waals surface area contributed by atoms with E-state index in [1.807, 2.05) is 0 Å². The number of carbonyl (C=O) groups is 2. The van der Waals surface area contributed by atoms with Crippen molar-refractivity contribution in [3.63, 3.8) is 0 Å². The normalized spacial score (nSPS) is 13.9. The monoisotopic (exact) mass is 477 g/mol. The van der Waals surface area contributed by atoms with Gasteiger partial charge in [0, 0.05) is 6.20 Å². The molecular formula is C21H21F6N3O3. The van der Waals surface area contributed by atoms with E-state index in [0.29, 0.717) is 12.1 Å². The average Bonchev–Trinajstić information content (AvgIpc) is 2.74. The van der Waals surface area contributed by atoms with E-state index < -0.39 is 59.2 Å². The predicted octanol–water partition coefficient (Wildman–Crippen LogP) is 4.71. The Morgan fingerprint density at radius 3 is 2.03 bits per heavy atom. The summed E-state index contributed by atoms with van der Waals surface area (Å²) < 4.78 is 84.1. The van der Waals surface area contributed by atoms with E-state index in [1.54, 1.807) is 13.8 Å². The first-order valence-electron chi connectivity index (χ1n) is 9.59. The number of rotatable bonds is 6.